The molecule has 0 saturated carbocycles. The monoisotopic (exact) mass is 203 g/mol. The fourth-order valence-corrected chi connectivity index (χ4v) is 4.57. The smallest absolute Gasteiger partial charge is 0.320 e. The van der Waals surface area contributed by atoms with E-state index in [1.165, 1.54) is 0 Å². The number of aliphatic hydroxyl groups excluding tert-OH is 1. The zero-order valence-corrected chi connectivity index (χ0v) is 9.24. The maximum Gasteiger partial charge on any atom is 0.320 e. The van der Waals surface area contributed by atoms with Gasteiger partial charge in [0.1, 0.15) is 6.04 Å². The van der Waals surface area contributed by atoms with Crippen molar-refractivity contribution in [3.05, 3.63) is 0 Å². The number of β-amino-alcohol motifs (C(OH)–C–C–N with tert-alkyl or cyclic N) is 1. The molecule has 0 aliphatic carbocycles. The van der Waals surface area contributed by atoms with Crippen LogP contribution in [0.25, 0.3) is 0 Å². The van der Waals surface area contributed by atoms with E-state index in [9.17, 15) is 9.90 Å². The SMILES string of the molecule is C[Si](C)(C)C1C(O)CN[C@@H]1C(=O)O. The van der Waals surface area contributed by atoms with Crippen molar-refractivity contribution >= 4 is 14.0 Å². The average molecular weight is 203 g/mol. The molecule has 1 aliphatic rings. The number of carbonyl (C=O) groups is 1. The van der Waals surface area contributed by atoms with Crippen LogP contribution in [0.15, 0.2) is 0 Å². The van der Waals surface area contributed by atoms with E-state index < -0.39 is 26.2 Å². The molecule has 76 valence electrons. The zero-order chi connectivity index (χ0) is 10.2. The van der Waals surface area contributed by atoms with Gasteiger partial charge in [-0.25, -0.2) is 0 Å². The lowest BCUT2D eigenvalue weighted by molar-refractivity contribution is -0.139. The minimum atomic E-state index is -1.61. The molecule has 13 heavy (non-hydrogen) atoms. The first-order valence-electron chi connectivity index (χ1n) is 4.48. The van der Waals surface area contributed by atoms with Crippen LogP contribution in [0.3, 0.4) is 0 Å². The maximum absolute atomic E-state index is 10.9. The van der Waals surface area contributed by atoms with Crippen molar-refractivity contribution in [2.24, 2.45) is 0 Å². The number of carboxylic acid groups (broad SMARTS) is 1. The summed E-state index contributed by atoms with van der Waals surface area (Å²) in [6, 6.07) is -0.554. The molecule has 0 aromatic heterocycles. The fourth-order valence-electron chi connectivity index (χ4n) is 2.04. The number of aliphatic carboxylic acids is 1. The highest BCUT2D eigenvalue weighted by molar-refractivity contribution is 6.78. The summed E-state index contributed by atoms with van der Waals surface area (Å²) in [6.45, 7) is 6.67. The molecule has 0 amide bonds. The Hall–Kier alpha value is -0.393. The lowest BCUT2D eigenvalue weighted by atomic mass is 10.2. The van der Waals surface area contributed by atoms with Crippen LogP contribution in [0.1, 0.15) is 0 Å². The Morgan fingerprint density at radius 1 is 1.46 bits per heavy atom. The summed E-state index contributed by atoms with van der Waals surface area (Å²) in [5, 5.41) is 21.4. The van der Waals surface area contributed by atoms with Crippen LogP contribution < -0.4 is 5.32 Å². The first-order valence-corrected chi connectivity index (χ1v) is 8.06. The molecule has 4 nitrogen and oxygen atoms in total. The van der Waals surface area contributed by atoms with Crippen molar-refractivity contribution in [1.29, 1.82) is 0 Å². The van der Waals surface area contributed by atoms with E-state index in [0.717, 1.165) is 0 Å². The van der Waals surface area contributed by atoms with Crippen LogP contribution >= 0.6 is 0 Å². The van der Waals surface area contributed by atoms with E-state index in [-0.39, 0.29) is 5.54 Å². The first kappa shape index (κ1) is 10.7. The quantitative estimate of drug-likeness (QED) is 0.557. The summed E-state index contributed by atoms with van der Waals surface area (Å²) in [4.78, 5) is 10.9. The van der Waals surface area contributed by atoms with Gasteiger partial charge in [-0.05, 0) is 0 Å². The Morgan fingerprint density at radius 3 is 2.31 bits per heavy atom. The second-order valence-corrected chi connectivity index (χ2v) is 10.1. The second kappa shape index (κ2) is 3.40. The van der Waals surface area contributed by atoms with Crippen molar-refractivity contribution in [1.82, 2.24) is 5.32 Å². The van der Waals surface area contributed by atoms with Gasteiger partial charge >= 0.3 is 5.97 Å². The predicted molar refractivity (Wildman–Crippen MR) is 52.5 cm³/mol. The van der Waals surface area contributed by atoms with Gasteiger partial charge in [-0.15, -0.1) is 0 Å². The third-order valence-corrected chi connectivity index (χ3v) is 5.30. The standard InChI is InChI=1S/C8H17NO3Si/c1-13(2,3)7-5(10)4-9-6(7)8(11)12/h5-7,9-10H,4H2,1-3H3,(H,11,12)/t5?,6-,7?/m0/s1. The Bertz CT molecular complexity index is 214. The van der Waals surface area contributed by atoms with Gasteiger partial charge in [-0.2, -0.15) is 0 Å². The zero-order valence-electron chi connectivity index (χ0n) is 8.24. The van der Waals surface area contributed by atoms with Crippen molar-refractivity contribution in [3.63, 3.8) is 0 Å². The van der Waals surface area contributed by atoms with Gasteiger partial charge in [-0.3, -0.25) is 4.79 Å². The molecule has 1 heterocycles. The molecule has 0 radical (unpaired) electrons. The lowest BCUT2D eigenvalue weighted by Crippen LogP contribution is -2.44. The van der Waals surface area contributed by atoms with Crippen molar-refractivity contribution in [3.8, 4) is 0 Å². The number of aliphatic hydroxyl groups is 1. The summed E-state index contributed by atoms with van der Waals surface area (Å²) >= 11 is 0. The van der Waals surface area contributed by atoms with E-state index in [2.05, 4.69) is 25.0 Å². The Morgan fingerprint density at radius 2 is 2.00 bits per heavy atom. The van der Waals surface area contributed by atoms with Crippen LogP contribution in [0.4, 0.5) is 0 Å². The highest BCUT2D eigenvalue weighted by Crippen LogP contribution is 2.33. The van der Waals surface area contributed by atoms with Crippen LogP contribution in [-0.2, 0) is 4.79 Å². The molecule has 1 saturated heterocycles. The van der Waals surface area contributed by atoms with E-state index in [1.54, 1.807) is 0 Å². The number of carboxylic acids is 1. The van der Waals surface area contributed by atoms with E-state index in [1.807, 2.05) is 0 Å². The Kier molecular flexibility index (Phi) is 2.79. The number of nitrogens with one attached hydrogen (secondary N) is 1. The van der Waals surface area contributed by atoms with E-state index in [4.69, 9.17) is 5.11 Å². The summed E-state index contributed by atoms with van der Waals surface area (Å²) in [5.74, 6) is -0.844. The normalized spacial score (nSPS) is 34.9. The average Bonchev–Trinajstić information content (AvgIpc) is 2.28. The van der Waals surface area contributed by atoms with Crippen LogP contribution in [0.5, 0.6) is 0 Å². The molecule has 1 rings (SSSR count). The van der Waals surface area contributed by atoms with Gasteiger partial charge in [-0.1, -0.05) is 19.6 Å². The van der Waals surface area contributed by atoms with Crippen LogP contribution in [0.2, 0.25) is 25.2 Å². The molecule has 0 aromatic carbocycles. The summed E-state index contributed by atoms with van der Waals surface area (Å²) in [5.41, 5.74) is -0.0787. The molecule has 5 heteroatoms. The van der Waals surface area contributed by atoms with Gasteiger partial charge in [0.05, 0.1) is 14.2 Å². The second-order valence-electron chi connectivity index (χ2n) is 4.68. The highest BCUT2D eigenvalue weighted by Gasteiger charge is 2.46. The molecule has 0 spiro atoms. The maximum atomic E-state index is 10.9. The van der Waals surface area contributed by atoms with Crippen molar-refractivity contribution in [2.75, 3.05) is 6.54 Å². The van der Waals surface area contributed by atoms with Crippen molar-refractivity contribution < 1.29 is 15.0 Å². The summed E-state index contributed by atoms with van der Waals surface area (Å²) in [7, 11) is -1.61. The number of hydrogen-bond acceptors (Lipinski definition) is 3. The van der Waals surface area contributed by atoms with Crippen LogP contribution in [-0.4, -0.2) is 42.9 Å². The van der Waals surface area contributed by atoms with Gasteiger partial charge < -0.3 is 15.5 Å². The van der Waals surface area contributed by atoms with Gasteiger partial charge in [0.15, 0.2) is 0 Å². The number of hydrogen-bond donors (Lipinski definition) is 3. The van der Waals surface area contributed by atoms with Gasteiger partial charge in [0.2, 0.25) is 0 Å². The molecule has 1 fully saturated rings. The molecule has 1 aliphatic heterocycles. The molecule has 2 unspecified atom stereocenters. The molecule has 0 bridgehead atoms. The predicted octanol–water partition coefficient (Wildman–Crippen LogP) is 0.112. The molecule has 3 N–H and O–H groups in total. The molecule has 3 atom stereocenters. The van der Waals surface area contributed by atoms with E-state index in [0.29, 0.717) is 6.54 Å². The first-order chi connectivity index (χ1) is 5.84. The van der Waals surface area contributed by atoms with E-state index >= 15 is 0 Å². The number of rotatable bonds is 2. The Balaban J connectivity index is 2.83. The Labute approximate surface area is 79.0 Å². The van der Waals surface area contributed by atoms with Gasteiger partial charge in [0, 0.05) is 12.1 Å². The van der Waals surface area contributed by atoms with Gasteiger partial charge in [0.25, 0.3) is 0 Å². The topological polar surface area (TPSA) is 69.6 Å². The molecular formula is C8H17NO3Si. The third-order valence-electron chi connectivity index (χ3n) is 2.59. The minimum Gasteiger partial charge on any atom is -0.480 e. The fraction of sp³-hybridized carbons (Fsp3) is 0.875. The third kappa shape index (κ3) is 2.10. The largest absolute Gasteiger partial charge is 0.480 e. The summed E-state index contributed by atoms with van der Waals surface area (Å²) in [6.07, 6.45) is -0.493. The lowest BCUT2D eigenvalue weighted by Gasteiger charge is -2.30. The molecule has 0 aromatic rings. The minimum absolute atomic E-state index is 0.0787. The summed E-state index contributed by atoms with van der Waals surface area (Å²) < 4.78 is 0. The van der Waals surface area contributed by atoms with Crippen LogP contribution in [0, 0.1) is 0 Å². The molecular weight excluding hydrogens is 186 g/mol. The highest BCUT2D eigenvalue weighted by atomic mass is 28.3. The van der Waals surface area contributed by atoms with Crippen molar-refractivity contribution in [2.45, 2.75) is 37.3 Å².